The number of rotatable bonds is 0. The molecule has 3 heteroatoms. The Kier molecular flexibility index (Phi) is 1.83. The molecular formula is C12H15N3. The van der Waals surface area contributed by atoms with E-state index in [1.165, 1.54) is 11.1 Å². The van der Waals surface area contributed by atoms with E-state index >= 15 is 0 Å². The second kappa shape index (κ2) is 3.07. The zero-order valence-corrected chi connectivity index (χ0v) is 8.90. The summed E-state index contributed by atoms with van der Waals surface area (Å²) in [6.07, 6.45) is 1.97. The third-order valence-electron chi connectivity index (χ3n) is 3.15. The summed E-state index contributed by atoms with van der Waals surface area (Å²) in [7, 11) is 0. The van der Waals surface area contributed by atoms with E-state index in [4.69, 9.17) is 5.73 Å². The smallest absolute Gasteiger partial charge is 0.111 e. The lowest BCUT2D eigenvalue weighted by molar-refractivity contribution is 0.471. The molecule has 0 spiro atoms. The average molecular weight is 201 g/mol. The van der Waals surface area contributed by atoms with E-state index in [1.807, 2.05) is 0 Å². The first-order chi connectivity index (χ1) is 7.24. The van der Waals surface area contributed by atoms with Crippen molar-refractivity contribution in [2.45, 2.75) is 32.4 Å². The maximum atomic E-state index is 5.95. The van der Waals surface area contributed by atoms with Crippen molar-refractivity contribution in [3.63, 3.8) is 0 Å². The number of nitrogens with zero attached hydrogens (tertiary/aromatic N) is 2. The Labute approximate surface area is 88.9 Å². The molecule has 0 radical (unpaired) electrons. The fraction of sp³-hybridized carbons (Fsp3) is 0.417. The number of hydrogen-bond donors (Lipinski definition) is 1. The lowest BCUT2D eigenvalue weighted by atomic mass is 10.1. The van der Waals surface area contributed by atoms with Crippen LogP contribution in [-0.2, 0) is 13.0 Å². The quantitative estimate of drug-likeness (QED) is 0.704. The number of benzene rings is 1. The number of nitrogens with two attached hydrogens (primary N) is 1. The lowest BCUT2D eigenvalue weighted by Crippen LogP contribution is -2.30. The van der Waals surface area contributed by atoms with Gasteiger partial charge in [0.25, 0.3) is 0 Å². The number of fused-ring (bicyclic) bond motifs is 3. The van der Waals surface area contributed by atoms with Crippen molar-refractivity contribution in [3.05, 3.63) is 29.6 Å². The van der Waals surface area contributed by atoms with Gasteiger partial charge in [0.15, 0.2) is 0 Å². The van der Waals surface area contributed by atoms with Gasteiger partial charge in [0, 0.05) is 19.0 Å². The Hall–Kier alpha value is -1.35. The van der Waals surface area contributed by atoms with Gasteiger partial charge in [-0.3, -0.25) is 0 Å². The van der Waals surface area contributed by atoms with Crippen LogP contribution in [0.15, 0.2) is 18.2 Å². The van der Waals surface area contributed by atoms with E-state index in [1.54, 1.807) is 0 Å². The van der Waals surface area contributed by atoms with Gasteiger partial charge < -0.3 is 10.3 Å². The SMILES string of the molecule is Cc1ccc2c(c1)nc1n2CCC(N)C1. The Balaban J connectivity index is 2.23. The van der Waals surface area contributed by atoms with Crippen molar-refractivity contribution in [1.29, 1.82) is 0 Å². The van der Waals surface area contributed by atoms with Crippen LogP contribution in [0.4, 0.5) is 0 Å². The molecule has 0 saturated carbocycles. The van der Waals surface area contributed by atoms with E-state index in [0.717, 1.165) is 30.7 Å². The molecule has 3 nitrogen and oxygen atoms in total. The van der Waals surface area contributed by atoms with Crippen LogP contribution < -0.4 is 5.73 Å². The standard InChI is InChI=1S/C12H15N3/c1-8-2-3-11-10(6-8)14-12-7-9(13)4-5-15(11)12/h2-3,6,9H,4-5,7,13H2,1H3. The average Bonchev–Trinajstić information content (AvgIpc) is 2.53. The first-order valence-corrected chi connectivity index (χ1v) is 5.45. The van der Waals surface area contributed by atoms with Crippen LogP contribution in [-0.4, -0.2) is 15.6 Å². The molecule has 3 rings (SSSR count). The zero-order chi connectivity index (χ0) is 10.4. The molecule has 2 heterocycles. The highest BCUT2D eigenvalue weighted by Gasteiger charge is 2.18. The van der Waals surface area contributed by atoms with Gasteiger partial charge in [-0.25, -0.2) is 4.98 Å². The van der Waals surface area contributed by atoms with Gasteiger partial charge in [-0.05, 0) is 31.0 Å². The van der Waals surface area contributed by atoms with Crippen molar-refractivity contribution in [2.24, 2.45) is 5.73 Å². The largest absolute Gasteiger partial charge is 0.328 e. The van der Waals surface area contributed by atoms with Crippen molar-refractivity contribution < 1.29 is 0 Å². The summed E-state index contributed by atoms with van der Waals surface area (Å²) in [6, 6.07) is 6.74. The van der Waals surface area contributed by atoms with Crippen LogP contribution in [0.1, 0.15) is 17.8 Å². The molecule has 0 fully saturated rings. The molecule has 1 aliphatic rings. The number of hydrogen-bond acceptors (Lipinski definition) is 2. The topological polar surface area (TPSA) is 43.8 Å². The molecule has 2 N–H and O–H groups in total. The van der Waals surface area contributed by atoms with Crippen LogP contribution in [0.2, 0.25) is 0 Å². The minimum atomic E-state index is 0.287. The fourth-order valence-corrected chi connectivity index (χ4v) is 2.33. The van der Waals surface area contributed by atoms with E-state index < -0.39 is 0 Å². The fourth-order valence-electron chi connectivity index (χ4n) is 2.33. The van der Waals surface area contributed by atoms with Gasteiger partial charge in [0.05, 0.1) is 11.0 Å². The highest BCUT2D eigenvalue weighted by molar-refractivity contribution is 5.77. The molecule has 0 saturated heterocycles. The maximum Gasteiger partial charge on any atom is 0.111 e. The Morgan fingerprint density at radius 3 is 3.20 bits per heavy atom. The van der Waals surface area contributed by atoms with Gasteiger partial charge in [0.2, 0.25) is 0 Å². The van der Waals surface area contributed by atoms with Crippen molar-refractivity contribution >= 4 is 11.0 Å². The monoisotopic (exact) mass is 201 g/mol. The van der Waals surface area contributed by atoms with Crippen LogP contribution in [0, 0.1) is 6.92 Å². The molecule has 0 aliphatic carbocycles. The predicted octanol–water partition coefficient (Wildman–Crippen LogP) is 1.62. The van der Waals surface area contributed by atoms with Gasteiger partial charge in [-0.15, -0.1) is 0 Å². The third kappa shape index (κ3) is 1.35. The van der Waals surface area contributed by atoms with Crippen LogP contribution in [0.3, 0.4) is 0 Å². The minimum absolute atomic E-state index is 0.287. The number of aromatic nitrogens is 2. The molecule has 15 heavy (non-hydrogen) atoms. The molecule has 0 bridgehead atoms. The highest BCUT2D eigenvalue weighted by Crippen LogP contribution is 2.22. The predicted molar refractivity (Wildman–Crippen MR) is 60.8 cm³/mol. The first kappa shape index (κ1) is 8.92. The molecule has 0 amide bonds. The summed E-state index contributed by atoms with van der Waals surface area (Å²) in [6.45, 7) is 3.11. The summed E-state index contributed by atoms with van der Waals surface area (Å²) in [5, 5.41) is 0. The van der Waals surface area contributed by atoms with Crippen LogP contribution >= 0.6 is 0 Å². The van der Waals surface area contributed by atoms with Crippen molar-refractivity contribution in [3.8, 4) is 0 Å². The summed E-state index contributed by atoms with van der Waals surface area (Å²) in [5.74, 6) is 1.15. The summed E-state index contributed by atoms with van der Waals surface area (Å²) in [5.41, 5.74) is 9.58. The zero-order valence-electron chi connectivity index (χ0n) is 8.90. The Morgan fingerprint density at radius 1 is 1.47 bits per heavy atom. The summed E-state index contributed by atoms with van der Waals surface area (Å²) in [4.78, 5) is 4.65. The molecular weight excluding hydrogens is 186 g/mol. The number of aryl methyl sites for hydroxylation is 2. The summed E-state index contributed by atoms with van der Waals surface area (Å²) < 4.78 is 2.30. The second-order valence-corrected chi connectivity index (χ2v) is 4.42. The minimum Gasteiger partial charge on any atom is -0.328 e. The molecule has 1 aliphatic heterocycles. The number of imidazole rings is 1. The first-order valence-electron chi connectivity index (χ1n) is 5.45. The molecule has 2 aromatic rings. The van der Waals surface area contributed by atoms with E-state index in [-0.39, 0.29) is 6.04 Å². The Bertz CT molecular complexity index is 513. The van der Waals surface area contributed by atoms with Crippen molar-refractivity contribution in [2.75, 3.05) is 0 Å². The summed E-state index contributed by atoms with van der Waals surface area (Å²) >= 11 is 0. The lowest BCUT2D eigenvalue weighted by Gasteiger charge is -2.19. The van der Waals surface area contributed by atoms with E-state index in [0.29, 0.717) is 0 Å². The normalized spacial score (nSPS) is 20.5. The van der Waals surface area contributed by atoms with Gasteiger partial charge in [-0.1, -0.05) is 6.07 Å². The second-order valence-electron chi connectivity index (χ2n) is 4.42. The molecule has 1 aromatic carbocycles. The van der Waals surface area contributed by atoms with Gasteiger partial charge in [-0.2, -0.15) is 0 Å². The molecule has 1 aromatic heterocycles. The van der Waals surface area contributed by atoms with Crippen LogP contribution in [0.25, 0.3) is 11.0 Å². The maximum absolute atomic E-state index is 5.95. The van der Waals surface area contributed by atoms with Gasteiger partial charge >= 0.3 is 0 Å². The molecule has 1 atom stereocenters. The highest BCUT2D eigenvalue weighted by atomic mass is 15.1. The van der Waals surface area contributed by atoms with Gasteiger partial charge in [0.1, 0.15) is 5.82 Å². The Morgan fingerprint density at radius 2 is 2.33 bits per heavy atom. The molecule has 78 valence electrons. The van der Waals surface area contributed by atoms with Crippen molar-refractivity contribution in [1.82, 2.24) is 9.55 Å². The van der Waals surface area contributed by atoms with Crippen LogP contribution in [0.5, 0.6) is 0 Å². The molecule has 1 unspecified atom stereocenters. The third-order valence-corrected chi connectivity index (χ3v) is 3.15. The van der Waals surface area contributed by atoms with E-state index in [9.17, 15) is 0 Å². The van der Waals surface area contributed by atoms with E-state index in [2.05, 4.69) is 34.7 Å².